The standard InChI is InChI=1S/C13H19NO/c1-2-11-10-14-9-8-13(11,15)12-6-4-3-5-7-12/h3-7,11,14-15H,2,8-10H2,1H3. The van der Waals surface area contributed by atoms with E-state index in [1.807, 2.05) is 30.3 Å². The Balaban J connectivity index is 2.30. The fraction of sp³-hybridized carbons (Fsp3) is 0.538. The number of nitrogens with one attached hydrogen (secondary N) is 1. The van der Waals surface area contributed by atoms with Gasteiger partial charge in [0.15, 0.2) is 0 Å². The van der Waals surface area contributed by atoms with E-state index < -0.39 is 5.60 Å². The van der Waals surface area contributed by atoms with Crippen molar-refractivity contribution in [2.75, 3.05) is 13.1 Å². The lowest BCUT2D eigenvalue weighted by Crippen LogP contribution is -2.47. The molecule has 0 amide bonds. The number of aliphatic hydroxyl groups is 1. The number of piperidine rings is 1. The van der Waals surface area contributed by atoms with Crippen molar-refractivity contribution in [3.05, 3.63) is 35.9 Å². The molecule has 0 bridgehead atoms. The second-order valence-electron chi connectivity index (χ2n) is 4.35. The maximum absolute atomic E-state index is 10.8. The molecule has 1 aromatic rings. The van der Waals surface area contributed by atoms with E-state index in [4.69, 9.17) is 0 Å². The third-order valence-corrected chi connectivity index (χ3v) is 3.52. The van der Waals surface area contributed by atoms with Gasteiger partial charge in [-0.15, -0.1) is 0 Å². The van der Waals surface area contributed by atoms with Gasteiger partial charge in [0.25, 0.3) is 0 Å². The van der Waals surface area contributed by atoms with Crippen LogP contribution in [-0.2, 0) is 5.60 Å². The average Bonchev–Trinajstić information content (AvgIpc) is 2.31. The van der Waals surface area contributed by atoms with Crippen LogP contribution in [0.1, 0.15) is 25.3 Å². The van der Waals surface area contributed by atoms with Crippen LogP contribution in [0.3, 0.4) is 0 Å². The van der Waals surface area contributed by atoms with Gasteiger partial charge in [0.1, 0.15) is 0 Å². The molecule has 0 aromatic heterocycles. The Bertz CT molecular complexity index is 312. The van der Waals surface area contributed by atoms with Crippen LogP contribution in [0.5, 0.6) is 0 Å². The second-order valence-corrected chi connectivity index (χ2v) is 4.35. The van der Waals surface area contributed by atoms with Crippen molar-refractivity contribution in [1.82, 2.24) is 5.32 Å². The Hall–Kier alpha value is -0.860. The van der Waals surface area contributed by atoms with Crippen molar-refractivity contribution in [3.63, 3.8) is 0 Å². The first-order valence-electron chi connectivity index (χ1n) is 5.76. The summed E-state index contributed by atoms with van der Waals surface area (Å²) in [6.07, 6.45) is 1.83. The average molecular weight is 205 g/mol. The van der Waals surface area contributed by atoms with Crippen molar-refractivity contribution < 1.29 is 5.11 Å². The molecule has 2 heteroatoms. The Morgan fingerprint density at radius 3 is 2.80 bits per heavy atom. The minimum Gasteiger partial charge on any atom is -0.385 e. The van der Waals surface area contributed by atoms with Crippen LogP contribution < -0.4 is 5.32 Å². The monoisotopic (exact) mass is 205 g/mol. The molecule has 0 radical (unpaired) electrons. The largest absolute Gasteiger partial charge is 0.385 e. The molecule has 15 heavy (non-hydrogen) atoms. The molecular weight excluding hydrogens is 186 g/mol. The number of hydrogen-bond acceptors (Lipinski definition) is 2. The highest BCUT2D eigenvalue weighted by Gasteiger charge is 2.38. The summed E-state index contributed by atoms with van der Waals surface area (Å²) in [6, 6.07) is 10.1. The predicted molar refractivity (Wildman–Crippen MR) is 61.6 cm³/mol. The van der Waals surface area contributed by atoms with Crippen molar-refractivity contribution in [1.29, 1.82) is 0 Å². The lowest BCUT2D eigenvalue weighted by atomic mass is 9.75. The van der Waals surface area contributed by atoms with Crippen LogP contribution in [0.25, 0.3) is 0 Å². The Labute approximate surface area is 91.3 Å². The SMILES string of the molecule is CCC1CNCCC1(O)c1ccccc1. The van der Waals surface area contributed by atoms with Crippen molar-refractivity contribution in [3.8, 4) is 0 Å². The summed E-state index contributed by atoms with van der Waals surface area (Å²) in [5.74, 6) is 0.327. The quantitative estimate of drug-likeness (QED) is 0.773. The minimum absolute atomic E-state index is 0.327. The molecule has 1 saturated heterocycles. The summed E-state index contributed by atoms with van der Waals surface area (Å²) < 4.78 is 0. The first-order valence-corrected chi connectivity index (χ1v) is 5.76. The van der Waals surface area contributed by atoms with Gasteiger partial charge in [-0.2, -0.15) is 0 Å². The Kier molecular flexibility index (Phi) is 3.08. The molecule has 2 atom stereocenters. The third-order valence-electron chi connectivity index (χ3n) is 3.52. The molecule has 1 heterocycles. The molecular formula is C13H19NO. The van der Waals surface area contributed by atoms with E-state index >= 15 is 0 Å². The van der Waals surface area contributed by atoms with E-state index in [0.29, 0.717) is 5.92 Å². The van der Waals surface area contributed by atoms with E-state index in [1.54, 1.807) is 0 Å². The lowest BCUT2D eigenvalue weighted by Gasteiger charge is -2.40. The van der Waals surface area contributed by atoms with Crippen LogP contribution in [-0.4, -0.2) is 18.2 Å². The van der Waals surface area contributed by atoms with E-state index in [1.165, 1.54) is 0 Å². The Morgan fingerprint density at radius 1 is 1.40 bits per heavy atom. The first-order chi connectivity index (χ1) is 7.27. The van der Waals surface area contributed by atoms with Gasteiger partial charge in [0.05, 0.1) is 5.60 Å². The van der Waals surface area contributed by atoms with E-state index in [2.05, 4.69) is 12.2 Å². The summed E-state index contributed by atoms with van der Waals surface area (Å²) in [5, 5.41) is 14.1. The molecule has 0 spiro atoms. The minimum atomic E-state index is -0.624. The van der Waals surface area contributed by atoms with Crippen LogP contribution in [0.15, 0.2) is 30.3 Å². The van der Waals surface area contributed by atoms with E-state index in [-0.39, 0.29) is 0 Å². The van der Waals surface area contributed by atoms with Crippen LogP contribution >= 0.6 is 0 Å². The van der Waals surface area contributed by atoms with Gasteiger partial charge in [-0.1, -0.05) is 37.3 Å². The van der Waals surface area contributed by atoms with Gasteiger partial charge in [-0.05, 0) is 24.9 Å². The molecule has 2 N–H and O–H groups in total. The summed E-state index contributed by atoms with van der Waals surface area (Å²) in [4.78, 5) is 0. The maximum atomic E-state index is 10.8. The van der Waals surface area contributed by atoms with Crippen LogP contribution in [0.2, 0.25) is 0 Å². The summed E-state index contributed by atoms with van der Waals surface area (Å²) in [5.41, 5.74) is 0.444. The number of hydrogen-bond donors (Lipinski definition) is 2. The van der Waals surface area contributed by atoms with Crippen molar-refractivity contribution in [2.45, 2.75) is 25.4 Å². The topological polar surface area (TPSA) is 32.3 Å². The lowest BCUT2D eigenvalue weighted by molar-refractivity contribution is -0.0478. The number of benzene rings is 1. The van der Waals surface area contributed by atoms with Gasteiger partial charge in [0, 0.05) is 12.5 Å². The summed E-state index contributed by atoms with van der Waals surface area (Å²) in [6.45, 7) is 3.97. The smallest absolute Gasteiger partial charge is 0.0948 e. The van der Waals surface area contributed by atoms with E-state index in [0.717, 1.165) is 31.5 Å². The highest BCUT2D eigenvalue weighted by Crippen LogP contribution is 2.36. The van der Waals surface area contributed by atoms with Gasteiger partial charge in [0.2, 0.25) is 0 Å². The maximum Gasteiger partial charge on any atom is 0.0948 e. The zero-order valence-corrected chi connectivity index (χ0v) is 9.24. The predicted octanol–water partition coefficient (Wildman–Crippen LogP) is 1.89. The fourth-order valence-electron chi connectivity index (χ4n) is 2.52. The molecule has 0 saturated carbocycles. The first kappa shape index (κ1) is 10.7. The third kappa shape index (κ3) is 1.92. The highest BCUT2D eigenvalue weighted by atomic mass is 16.3. The van der Waals surface area contributed by atoms with Crippen molar-refractivity contribution in [2.24, 2.45) is 5.92 Å². The van der Waals surface area contributed by atoms with Gasteiger partial charge in [-0.3, -0.25) is 0 Å². The molecule has 1 aliphatic rings. The normalized spacial score (nSPS) is 31.5. The summed E-state index contributed by atoms with van der Waals surface area (Å²) >= 11 is 0. The molecule has 2 rings (SSSR count). The molecule has 1 fully saturated rings. The van der Waals surface area contributed by atoms with Gasteiger partial charge >= 0.3 is 0 Å². The summed E-state index contributed by atoms with van der Waals surface area (Å²) in [7, 11) is 0. The van der Waals surface area contributed by atoms with Crippen molar-refractivity contribution >= 4 is 0 Å². The molecule has 1 aliphatic heterocycles. The van der Waals surface area contributed by atoms with Crippen LogP contribution in [0, 0.1) is 5.92 Å². The molecule has 2 unspecified atom stereocenters. The van der Waals surface area contributed by atoms with Gasteiger partial charge in [-0.25, -0.2) is 0 Å². The Morgan fingerprint density at radius 2 is 2.13 bits per heavy atom. The molecule has 1 aromatic carbocycles. The second kappa shape index (κ2) is 4.33. The molecule has 82 valence electrons. The van der Waals surface area contributed by atoms with Gasteiger partial charge < -0.3 is 10.4 Å². The molecule has 0 aliphatic carbocycles. The number of rotatable bonds is 2. The highest BCUT2D eigenvalue weighted by molar-refractivity contribution is 5.24. The zero-order chi connectivity index (χ0) is 10.7. The van der Waals surface area contributed by atoms with Crippen LogP contribution in [0.4, 0.5) is 0 Å². The fourth-order valence-corrected chi connectivity index (χ4v) is 2.52. The van der Waals surface area contributed by atoms with E-state index in [9.17, 15) is 5.11 Å². The molecule has 2 nitrogen and oxygen atoms in total. The zero-order valence-electron chi connectivity index (χ0n) is 9.24.